The van der Waals surface area contributed by atoms with E-state index >= 15 is 0 Å². The Bertz CT molecular complexity index is 561. The molecule has 0 atom stereocenters. The van der Waals surface area contributed by atoms with Crippen LogP contribution in [0.15, 0.2) is 48.5 Å². The largest absolute Gasteiger partial charge is 0.508 e. The molecule has 0 radical (unpaired) electrons. The molecular weight excluding hydrogens is 270 g/mol. The van der Waals surface area contributed by atoms with Crippen LogP contribution >= 0.6 is 11.8 Å². The van der Waals surface area contributed by atoms with Gasteiger partial charge in [0.05, 0.1) is 5.54 Å². The molecule has 104 valence electrons. The van der Waals surface area contributed by atoms with Crippen molar-refractivity contribution < 1.29 is 10.2 Å². The molecule has 1 aliphatic rings. The topological polar surface area (TPSA) is 52.5 Å². The zero-order valence-corrected chi connectivity index (χ0v) is 11.9. The molecular formula is C16H17NO2S. The maximum atomic E-state index is 10.2. The van der Waals surface area contributed by atoms with Gasteiger partial charge in [0.2, 0.25) is 0 Å². The Balaban J connectivity index is 2.20. The third-order valence-electron chi connectivity index (χ3n) is 3.72. The minimum absolute atomic E-state index is 0.255. The monoisotopic (exact) mass is 287 g/mol. The average Bonchev–Trinajstić information content (AvgIpc) is 2.49. The molecule has 0 spiro atoms. The minimum Gasteiger partial charge on any atom is -0.508 e. The number of phenols is 2. The molecule has 1 fully saturated rings. The van der Waals surface area contributed by atoms with Crippen molar-refractivity contribution in [1.82, 2.24) is 5.32 Å². The molecule has 3 N–H and O–H groups in total. The first-order chi connectivity index (χ1) is 9.74. The van der Waals surface area contributed by atoms with Crippen LogP contribution in [0.25, 0.3) is 0 Å². The lowest BCUT2D eigenvalue weighted by Crippen LogP contribution is -2.49. The Morgan fingerprint density at radius 3 is 1.90 bits per heavy atom. The lowest BCUT2D eigenvalue weighted by atomic mass is 9.83. The molecule has 2 aromatic rings. The van der Waals surface area contributed by atoms with Crippen molar-refractivity contribution in [2.75, 3.05) is 18.1 Å². The summed E-state index contributed by atoms with van der Waals surface area (Å²) in [5, 5.41) is 24.0. The van der Waals surface area contributed by atoms with Crippen LogP contribution < -0.4 is 5.32 Å². The summed E-state index contributed by atoms with van der Waals surface area (Å²) in [4.78, 5) is 0. The highest BCUT2D eigenvalue weighted by Gasteiger charge is 2.39. The molecule has 0 amide bonds. The summed E-state index contributed by atoms with van der Waals surface area (Å²) in [6.45, 7) is 0.841. The van der Waals surface area contributed by atoms with Gasteiger partial charge in [0, 0.05) is 29.2 Å². The van der Waals surface area contributed by atoms with E-state index in [1.54, 1.807) is 12.1 Å². The highest BCUT2D eigenvalue weighted by atomic mass is 32.2. The van der Waals surface area contributed by atoms with Gasteiger partial charge in [-0.05, 0) is 12.1 Å². The Morgan fingerprint density at radius 1 is 0.900 bits per heavy atom. The normalized spacial score (nSPS) is 17.8. The summed E-state index contributed by atoms with van der Waals surface area (Å²) in [6.07, 6.45) is 0. The molecule has 1 saturated heterocycles. The number of thioether (sulfide) groups is 1. The Morgan fingerprint density at radius 2 is 1.45 bits per heavy atom. The van der Waals surface area contributed by atoms with Crippen LogP contribution in [-0.2, 0) is 5.54 Å². The summed E-state index contributed by atoms with van der Waals surface area (Å²) in [5.41, 5.74) is 1.09. The fourth-order valence-corrected chi connectivity index (χ4v) is 3.88. The van der Waals surface area contributed by atoms with E-state index in [2.05, 4.69) is 5.32 Å². The van der Waals surface area contributed by atoms with Crippen LogP contribution in [0.3, 0.4) is 0 Å². The van der Waals surface area contributed by atoms with Gasteiger partial charge < -0.3 is 15.5 Å². The molecule has 4 heteroatoms. The molecule has 3 nitrogen and oxygen atoms in total. The van der Waals surface area contributed by atoms with Crippen LogP contribution in [0.4, 0.5) is 0 Å². The van der Waals surface area contributed by atoms with Gasteiger partial charge in [0.15, 0.2) is 0 Å². The Kier molecular flexibility index (Phi) is 3.59. The molecule has 0 bridgehead atoms. The van der Waals surface area contributed by atoms with Crippen molar-refractivity contribution in [1.29, 1.82) is 0 Å². The van der Waals surface area contributed by atoms with Crippen molar-refractivity contribution in [3.8, 4) is 11.5 Å². The standard InChI is InChI=1S/C16H17NO2S/c18-14-7-3-1-5-12(14)16(11-20-10-9-17-16)13-6-2-4-8-15(13)19/h1-8,17-19H,9-11H2. The van der Waals surface area contributed by atoms with E-state index in [-0.39, 0.29) is 11.5 Å². The van der Waals surface area contributed by atoms with E-state index in [9.17, 15) is 10.2 Å². The van der Waals surface area contributed by atoms with Crippen LogP contribution in [0.5, 0.6) is 11.5 Å². The number of aromatic hydroxyl groups is 2. The van der Waals surface area contributed by atoms with E-state index in [0.717, 1.165) is 29.2 Å². The second-order valence-corrected chi connectivity index (χ2v) is 6.02. The Labute approximate surface area is 122 Å². The first-order valence-corrected chi connectivity index (χ1v) is 7.79. The number of para-hydroxylation sites is 2. The molecule has 20 heavy (non-hydrogen) atoms. The van der Waals surface area contributed by atoms with Gasteiger partial charge in [0.25, 0.3) is 0 Å². The summed E-state index contributed by atoms with van der Waals surface area (Å²) in [6, 6.07) is 14.7. The smallest absolute Gasteiger partial charge is 0.121 e. The first kappa shape index (κ1) is 13.3. The molecule has 3 rings (SSSR count). The molecule has 0 aliphatic carbocycles. The summed E-state index contributed by atoms with van der Waals surface area (Å²) in [5.74, 6) is 2.32. The maximum absolute atomic E-state index is 10.2. The fourth-order valence-electron chi connectivity index (χ4n) is 2.77. The molecule has 0 aromatic heterocycles. The average molecular weight is 287 g/mol. The first-order valence-electron chi connectivity index (χ1n) is 6.64. The van der Waals surface area contributed by atoms with Crippen LogP contribution in [0, 0.1) is 0 Å². The van der Waals surface area contributed by atoms with Gasteiger partial charge in [-0.15, -0.1) is 0 Å². The van der Waals surface area contributed by atoms with E-state index < -0.39 is 5.54 Å². The molecule has 1 aliphatic heterocycles. The molecule has 0 unspecified atom stereocenters. The second kappa shape index (κ2) is 5.38. The van der Waals surface area contributed by atoms with Crippen molar-refractivity contribution in [2.45, 2.75) is 5.54 Å². The number of hydrogen-bond donors (Lipinski definition) is 3. The predicted octanol–water partition coefficient (Wildman–Crippen LogP) is 2.68. The second-order valence-electron chi connectivity index (χ2n) is 4.92. The quantitative estimate of drug-likeness (QED) is 0.795. The van der Waals surface area contributed by atoms with Crippen molar-refractivity contribution in [3.63, 3.8) is 0 Å². The van der Waals surface area contributed by atoms with Gasteiger partial charge in [-0.3, -0.25) is 0 Å². The predicted molar refractivity (Wildman–Crippen MR) is 82.3 cm³/mol. The van der Waals surface area contributed by atoms with Crippen LogP contribution in [0.2, 0.25) is 0 Å². The molecule has 2 aromatic carbocycles. The van der Waals surface area contributed by atoms with Crippen LogP contribution in [-0.4, -0.2) is 28.3 Å². The number of rotatable bonds is 2. The van der Waals surface area contributed by atoms with E-state index in [4.69, 9.17) is 0 Å². The fraction of sp³-hybridized carbons (Fsp3) is 0.250. The van der Waals surface area contributed by atoms with Crippen molar-refractivity contribution in [3.05, 3.63) is 59.7 Å². The van der Waals surface area contributed by atoms with E-state index in [1.807, 2.05) is 48.2 Å². The van der Waals surface area contributed by atoms with Gasteiger partial charge in [-0.1, -0.05) is 36.4 Å². The Hall–Kier alpha value is -1.65. The number of phenolic OH excluding ortho intramolecular Hbond substituents is 2. The number of hydrogen-bond acceptors (Lipinski definition) is 4. The van der Waals surface area contributed by atoms with Crippen molar-refractivity contribution in [2.24, 2.45) is 0 Å². The van der Waals surface area contributed by atoms with Gasteiger partial charge in [0.1, 0.15) is 11.5 Å². The lowest BCUT2D eigenvalue weighted by Gasteiger charge is -2.39. The summed E-state index contributed by atoms with van der Waals surface area (Å²) in [7, 11) is 0. The summed E-state index contributed by atoms with van der Waals surface area (Å²) < 4.78 is 0. The maximum Gasteiger partial charge on any atom is 0.121 e. The lowest BCUT2D eigenvalue weighted by molar-refractivity contribution is 0.387. The van der Waals surface area contributed by atoms with E-state index in [0.29, 0.717) is 0 Å². The SMILES string of the molecule is Oc1ccccc1C1(c2ccccc2O)CSCCN1. The number of benzene rings is 2. The third-order valence-corrected chi connectivity index (χ3v) is 4.85. The third kappa shape index (κ3) is 2.15. The highest BCUT2D eigenvalue weighted by Crippen LogP contribution is 2.42. The minimum atomic E-state index is -0.542. The van der Waals surface area contributed by atoms with Gasteiger partial charge >= 0.3 is 0 Å². The van der Waals surface area contributed by atoms with Crippen LogP contribution in [0.1, 0.15) is 11.1 Å². The van der Waals surface area contributed by atoms with Gasteiger partial charge in [-0.2, -0.15) is 11.8 Å². The summed E-state index contributed by atoms with van der Waals surface area (Å²) >= 11 is 1.82. The zero-order valence-electron chi connectivity index (χ0n) is 11.0. The number of nitrogens with one attached hydrogen (secondary N) is 1. The zero-order chi connectivity index (χ0) is 14.0. The van der Waals surface area contributed by atoms with E-state index in [1.165, 1.54) is 0 Å². The highest BCUT2D eigenvalue weighted by molar-refractivity contribution is 7.99. The van der Waals surface area contributed by atoms with Crippen molar-refractivity contribution >= 4 is 11.8 Å². The molecule has 0 saturated carbocycles. The molecule has 1 heterocycles. The van der Waals surface area contributed by atoms with Gasteiger partial charge in [-0.25, -0.2) is 0 Å².